The van der Waals surface area contributed by atoms with Gasteiger partial charge in [0.2, 0.25) is 0 Å². The molecule has 1 N–H and O–H groups in total. The summed E-state index contributed by atoms with van der Waals surface area (Å²) in [5.41, 5.74) is 1.12. The van der Waals surface area contributed by atoms with Crippen LogP contribution in [-0.4, -0.2) is 5.11 Å². The molecule has 1 nitrogen and oxygen atoms in total. The summed E-state index contributed by atoms with van der Waals surface area (Å²) in [7, 11) is 0. The third-order valence-corrected chi connectivity index (χ3v) is 2.30. The second kappa shape index (κ2) is 2.40. The smallest absolute Gasteiger partial charge is 0.114 e. The quantitative estimate of drug-likeness (QED) is 0.565. The molecule has 0 radical (unpaired) electrons. The Morgan fingerprint density at radius 1 is 1.55 bits per heavy atom. The van der Waals surface area contributed by atoms with Crippen LogP contribution in [0.2, 0.25) is 0 Å². The van der Waals surface area contributed by atoms with Gasteiger partial charge < -0.3 is 5.11 Å². The molecule has 0 aromatic carbocycles. The Bertz CT molecular complexity index is 205. The highest BCUT2D eigenvalue weighted by Crippen LogP contribution is 2.38. The van der Waals surface area contributed by atoms with Crippen LogP contribution < -0.4 is 0 Å². The molecule has 0 spiro atoms. The molecular weight excluding hydrogens is 136 g/mol. The van der Waals surface area contributed by atoms with Gasteiger partial charge >= 0.3 is 0 Å². The van der Waals surface area contributed by atoms with Crippen LogP contribution in [0.1, 0.15) is 27.2 Å². The fourth-order valence-corrected chi connectivity index (χ4v) is 1.29. The van der Waals surface area contributed by atoms with Crippen LogP contribution in [0.3, 0.4) is 0 Å². The van der Waals surface area contributed by atoms with Crippen molar-refractivity contribution < 1.29 is 5.11 Å². The van der Waals surface area contributed by atoms with Crippen molar-refractivity contribution >= 4 is 0 Å². The molecular formula is C10H16O. The second-order valence-electron chi connectivity index (χ2n) is 4.33. The Morgan fingerprint density at radius 2 is 2.09 bits per heavy atom. The molecule has 0 bridgehead atoms. The number of aliphatic hydroxyl groups excluding tert-OH is 1. The van der Waals surface area contributed by atoms with Crippen molar-refractivity contribution in [2.45, 2.75) is 27.2 Å². The molecule has 0 saturated carbocycles. The zero-order valence-electron chi connectivity index (χ0n) is 7.52. The Morgan fingerprint density at radius 3 is 2.27 bits per heavy atom. The average Bonchev–Trinajstić information content (AvgIpc) is 2.11. The largest absolute Gasteiger partial charge is 0.508 e. The lowest BCUT2D eigenvalue weighted by Crippen LogP contribution is -2.16. The summed E-state index contributed by atoms with van der Waals surface area (Å²) in [5.74, 6) is 0.847. The summed E-state index contributed by atoms with van der Waals surface area (Å²) in [4.78, 5) is 0. The minimum atomic E-state index is 0.243. The standard InChI is InChI=1S/C10H16O/c1-7-5-8(6-9(7)11)10(2,3)4/h6,8,11H,1,5H2,2-4H3. The molecule has 0 fully saturated rings. The van der Waals surface area contributed by atoms with E-state index in [4.69, 9.17) is 0 Å². The Kier molecular flexibility index (Phi) is 1.83. The fourth-order valence-electron chi connectivity index (χ4n) is 1.29. The third-order valence-electron chi connectivity index (χ3n) is 2.30. The zero-order chi connectivity index (χ0) is 8.65. The SMILES string of the molecule is C=C1CC(C(C)(C)C)C=C1O. The molecule has 1 rings (SSSR count). The first-order valence-electron chi connectivity index (χ1n) is 4.00. The first-order chi connectivity index (χ1) is 4.91. The molecule has 1 aliphatic rings. The number of hydrogen-bond acceptors (Lipinski definition) is 1. The molecule has 1 unspecified atom stereocenters. The minimum absolute atomic E-state index is 0.243. The van der Waals surface area contributed by atoms with Crippen LogP contribution in [0, 0.1) is 11.3 Å². The van der Waals surface area contributed by atoms with E-state index in [9.17, 15) is 5.11 Å². The highest BCUT2D eigenvalue weighted by atomic mass is 16.3. The number of allylic oxidation sites excluding steroid dienone is 2. The molecule has 0 amide bonds. The summed E-state index contributed by atoms with van der Waals surface area (Å²) in [6, 6.07) is 0. The maximum absolute atomic E-state index is 9.29. The van der Waals surface area contributed by atoms with Gasteiger partial charge in [0.05, 0.1) is 0 Å². The predicted molar refractivity (Wildman–Crippen MR) is 47.4 cm³/mol. The van der Waals surface area contributed by atoms with E-state index >= 15 is 0 Å². The van der Waals surface area contributed by atoms with Crippen LogP contribution in [0.25, 0.3) is 0 Å². The van der Waals surface area contributed by atoms with Gasteiger partial charge in [-0.2, -0.15) is 0 Å². The minimum Gasteiger partial charge on any atom is -0.508 e. The predicted octanol–water partition coefficient (Wildman–Crippen LogP) is 3.05. The lowest BCUT2D eigenvalue weighted by atomic mass is 9.80. The molecule has 1 atom stereocenters. The lowest BCUT2D eigenvalue weighted by Gasteiger charge is -2.24. The first-order valence-corrected chi connectivity index (χ1v) is 4.00. The van der Waals surface area contributed by atoms with Crippen molar-refractivity contribution in [2.24, 2.45) is 11.3 Å². The molecule has 0 aliphatic heterocycles. The van der Waals surface area contributed by atoms with Gasteiger partial charge in [-0.05, 0) is 29.4 Å². The van der Waals surface area contributed by atoms with Gasteiger partial charge in [-0.15, -0.1) is 0 Å². The summed E-state index contributed by atoms with van der Waals surface area (Å²) in [6.07, 6.45) is 2.83. The van der Waals surface area contributed by atoms with Crippen LogP contribution >= 0.6 is 0 Å². The topological polar surface area (TPSA) is 20.2 Å². The van der Waals surface area contributed by atoms with E-state index in [1.165, 1.54) is 0 Å². The molecule has 11 heavy (non-hydrogen) atoms. The van der Waals surface area contributed by atoms with Crippen molar-refractivity contribution in [3.05, 3.63) is 24.0 Å². The van der Waals surface area contributed by atoms with Gasteiger partial charge in [0.1, 0.15) is 5.76 Å². The number of aliphatic hydroxyl groups is 1. The van der Waals surface area contributed by atoms with Crippen molar-refractivity contribution in [2.75, 3.05) is 0 Å². The van der Waals surface area contributed by atoms with E-state index in [1.54, 1.807) is 0 Å². The van der Waals surface area contributed by atoms with E-state index in [0.29, 0.717) is 11.7 Å². The van der Waals surface area contributed by atoms with E-state index in [-0.39, 0.29) is 5.41 Å². The Hall–Kier alpha value is -0.720. The molecule has 1 heteroatoms. The summed E-state index contributed by atoms with van der Waals surface area (Å²) < 4.78 is 0. The third kappa shape index (κ3) is 1.65. The van der Waals surface area contributed by atoms with Crippen LogP contribution in [-0.2, 0) is 0 Å². The van der Waals surface area contributed by atoms with Crippen molar-refractivity contribution in [1.82, 2.24) is 0 Å². The van der Waals surface area contributed by atoms with Crippen LogP contribution in [0.15, 0.2) is 24.0 Å². The van der Waals surface area contributed by atoms with Crippen molar-refractivity contribution in [3.63, 3.8) is 0 Å². The normalized spacial score (nSPS) is 25.5. The van der Waals surface area contributed by atoms with E-state index in [1.807, 2.05) is 6.08 Å². The molecule has 0 aromatic heterocycles. The zero-order valence-corrected chi connectivity index (χ0v) is 7.52. The van der Waals surface area contributed by atoms with Gasteiger partial charge in [-0.25, -0.2) is 0 Å². The first kappa shape index (κ1) is 8.38. The Balaban J connectivity index is 2.76. The van der Waals surface area contributed by atoms with Crippen molar-refractivity contribution in [1.29, 1.82) is 0 Å². The maximum Gasteiger partial charge on any atom is 0.114 e. The lowest BCUT2D eigenvalue weighted by molar-refractivity contribution is 0.299. The number of rotatable bonds is 0. The van der Waals surface area contributed by atoms with Gasteiger partial charge in [0.25, 0.3) is 0 Å². The van der Waals surface area contributed by atoms with E-state index in [0.717, 1.165) is 12.0 Å². The maximum atomic E-state index is 9.29. The summed E-state index contributed by atoms with van der Waals surface area (Å²) >= 11 is 0. The average molecular weight is 152 g/mol. The van der Waals surface area contributed by atoms with Crippen LogP contribution in [0.4, 0.5) is 0 Å². The Labute approximate surface area is 68.4 Å². The van der Waals surface area contributed by atoms with Crippen molar-refractivity contribution in [3.8, 4) is 0 Å². The van der Waals surface area contributed by atoms with E-state index < -0.39 is 0 Å². The van der Waals surface area contributed by atoms with Crippen LogP contribution in [0.5, 0.6) is 0 Å². The monoisotopic (exact) mass is 152 g/mol. The van der Waals surface area contributed by atoms with E-state index in [2.05, 4.69) is 27.4 Å². The van der Waals surface area contributed by atoms with Gasteiger partial charge in [-0.3, -0.25) is 0 Å². The molecule has 1 aliphatic carbocycles. The molecule has 0 aromatic rings. The fraction of sp³-hybridized carbons (Fsp3) is 0.600. The highest BCUT2D eigenvalue weighted by Gasteiger charge is 2.28. The molecule has 0 saturated heterocycles. The van der Waals surface area contributed by atoms with Gasteiger partial charge in [0, 0.05) is 0 Å². The highest BCUT2D eigenvalue weighted by molar-refractivity contribution is 5.30. The van der Waals surface area contributed by atoms with Gasteiger partial charge in [0.15, 0.2) is 0 Å². The summed E-state index contributed by atoms with van der Waals surface area (Å²) in [6.45, 7) is 10.3. The second-order valence-corrected chi connectivity index (χ2v) is 4.33. The summed E-state index contributed by atoms with van der Waals surface area (Å²) in [5, 5.41) is 9.29. The molecule has 62 valence electrons. The number of hydrogen-bond donors (Lipinski definition) is 1. The van der Waals surface area contributed by atoms with Gasteiger partial charge in [-0.1, -0.05) is 27.4 Å². The molecule has 0 heterocycles.